The quantitative estimate of drug-likeness (QED) is 0.493. The summed E-state index contributed by atoms with van der Waals surface area (Å²) in [6, 6.07) is 13.3. The average molecular weight is 453 g/mol. The van der Waals surface area contributed by atoms with E-state index in [-0.39, 0.29) is 24.4 Å². The van der Waals surface area contributed by atoms with Crippen LogP contribution in [0.25, 0.3) is 0 Å². The molecule has 0 aliphatic carbocycles. The SMILES string of the molecule is COC(=O)c1ccoc1CN(Cc1ccccc1)S(=O)(=O)c1cccc(C(F)(F)F)c1. The molecular weight excluding hydrogens is 435 g/mol. The van der Waals surface area contributed by atoms with Crippen LogP contribution >= 0.6 is 0 Å². The van der Waals surface area contributed by atoms with Gasteiger partial charge in [-0.05, 0) is 29.8 Å². The van der Waals surface area contributed by atoms with E-state index < -0.39 is 32.6 Å². The summed E-state index contributed by atoms with van der Waals surface area (Å²) in [6.07, 6.45) is -3.49. The molecule has 10 heteroatoms. The Balaban J connectivity index is 2.04. The van der Waals surface area contributed by atoms with Crippen LogP contribution in [0.4, 0.5) is 13.2 Å². The number of carbonyl (C=O) groups excluding carboxylic acids is 1. The lowest BCUT2D eigenvalue weighted by Crippen LogP contribution is -2.31. The molecule has 1 aromatic heterocycles. The molecule has 0 atom stereocenters. The molecule has 0 saturated carbocycles. The highest BCUT2D eigenvalue weighted by Gasteiger charge is 2.34. The average Bonchev–Trinajstić information content (AvgIpc) is 3.21. The van der Waals surface area contributed by atoms with Crippen LogP contribution in [0.1, 0.15) is 27.2 Å². The Hall–Kier alpha value is -3.11. The molecular formula is C21H18F3NO5S. The number of methoxy groups -OCH3 is 1. The van der Waals surface area contributed by atoms with Crippen molar-refractivity contribution in [1.29, 1.82) is 0 Å². The Morgan fingerprint density at radius 2 is 1.74 bits per heavy atom. The minimum atomic E-state index is -4.70. The van der Waals surface area contributed by atoms with Gasteiger partial charge in [0.1, 0.15) is 11.3 Å². The predicted molar refractivity (Wildman–Crippen MR) is 104 cm³/mol. The van der Waals surface area contributed by atoms with Crippen LogP contribution in [0.3, 0.4) is 0 Å². The topological polar surface area (TPSA) is 76.8 Å². The Bertz CT molecular complexity index is 1160. The summed E-state index contributed by atoms with van der Waals surface area (Å²) in [4.78, 5) is 11.4. The first-order valence-corrected chi connectivity index (χ1v) is 10.4. The van der Waals surface area contributed by atoms with E-state index in [2.05, 4.69) is 4.74 Å². The highest BCUT2D eigenvalue weighted by atomic mass is 32.2. The van der Waals surface area contributed by atoms with Gasteiger partial charge in [-0.3, -0.25) is 0 Å². The molecule has 0 spiro atoms. The molecule has 0 saturated heterocycles. The summed E-state index contributed by atoms with van der Waals surface area (Å²) in [5.74, 6) is -0.710. The number of carbonyl (C=O) groups is 1. The molecule has 0 bridgehead atoms. The zero-order valence-corrected chi connectivity index (χ0v) is 17.1. The zero-order valence-electron chi connectivity index (χ0n) is 16.3. The second kappa shape index (κ2) is 8.94. The number of ether oxygens (including phenoxy) is 1. The molecule has 0 unspecified atom stereocenters. The third-order valence-electron chi connectivity index (χ3n) is 4.47. The molecule has 0 fully saturated rings. The Labute approximate surface area is 176 Å². The Morgan fingerprint density at radius 3 is 2.39 bits per heavy atom. The van der Waals surface area contributed by atoms with Crippen molar-refractivity contribution in [2.45, 2.75) is 24.2 Å². The number of alkyl halides is 3. The van der Waals surface area contributed by atoms with Crippen LogP contribution in [-0.4, -0.2) is 25.8 Å². The van der Waals surface area contributed by atoms with Crippen LogP contribution in [0.15, 0.2) is 76.2 Å². The number of furan rings is 1. The molecule has 1 heterocycles. The van der Waals surface area contributed by atoms with Crippen molar-refractivity contribution < 1.29 is 35.5 Å². The minimum absolute atomic E-state index is 0.0123. The summed E-state index contributed by atoms with van der Waals surface area (Å²) in [5, 5.41) is 0. The van der Waals surface area contributed by atoms with Crippen molar-refractivity contribution in [3.05, 3.63) is 89.4 Å². The van der Waals surface area contributed by atoms with Crippen molar-refractivity contribution >= 4 is 16.0 Å². The first kappa shape index (κ1) is 22.6. The maximum absolute atomic E-state index is 13.3. The molecule has 3 aromatic rings. The number of sulfonamides is 1. The van der Waals surface area contributed by atoms with Crippen molar-refractivity contribution in [1.82, 2.24) is 4.31 Å². The fraction of sp³-hybridized carbons (Fsp3) is 0.190. The van der Waals surface area contributed by atoms with E-state index in [9.17, 15) is 26.4 Å². The summed E-state index contributed by atoms with van der Waals surface area (Å²) in [5.41, 5.74) is -0.453. The van der Waals surface area contributed by atoms with Gasteiger partial charge in [-0.1, -0.05) is 36.4 Å². The monoisotopic (exact) mass is 453 g/mol. The molecule has 0 aliphatic heterocycles. The first-order valence-electron chi connectivity index (χ1n) is 8.99. The molecule has 6 nitrogen and oxygen atoms in total. The molecule has 2 aromatic carbocycles. The fourth-order valence-corrected chi connectivity index (χ4v) is 4.34. The number of esters is 1. The highest BCUT2D eigenvalue weighted by Crippen LogP contribution is 2.32. The van der Waals surface area contributed by atoms with E-state index >= 15 is 0 Å². The van der Waals surface area contributed by atoms with Gasteiger partial charge in [-0.2, -0.15) is 17.5 Å². The largest absolute Gasteiger partial charge is 0.467 e. The lowest BCUT2D eigenvalue weighted by Gasteiger charge is -2.22. The number of hydrogen-bond donors (Lipinski definition) is 0. The van der Waals surface area contributed by atoms with Gasteiger partial charge in [0.05, 0.1) is 30.4 Å². The van der Waals surface area contributed by atoms with Gasteiger partial charge < -0.3 is 9.15 Å². The number of benzene rings is 2. The fourth-order valence-electron chi connectivity index (χ4n) is 2.91. The van der Waals surface area contributed by atoms with Crippen LogP contribution in [-0.2, 0) is 34.0 Å². The maximum atomic E-state index is 13.3. The second-order valence-corrected chi connectivity index (χ2v) is 8.47. The summed E-state index contributed by atoms with van der Waals surface area (Å²) < 4.78 is 76.8. The lowest BCUT2D eigenvalue weighted by molar-refractivity contribution is -0.137. The number of rotatable bonds is 7. The van der Waals surface area contributed by atoms with Crippen LogP contribution in [0.2, 0.25) is 0 Å². The van der Waals surface area contributed by atoms with Crippen molar-refractivity contribution in [2.75, 3.05) is 7.11 Å². The maximum Gasteiger partial charge on any atom is 0.416 e. The van der Waals surface area contributed by atoms with Crippen molar-refractivity contribution in [3.63, 3.8) is 0 Å². The third kappa shape index (κ3) is 5.15. The molecule has 0 N–H and O–H groups in total. The Morgan fingerprint density at radius 1 is 1.03 bits per heavy atom. The molecule has 31 heavy (non-hydrogen) atoms. The smallest absolute Gasteiger partial charge is 0.416 e. The zero-order chi connectivity index (χ0) is 22.6. The molecule has 0 amide bonds. The van der Waals surface area contributed by atoms with E-state index in [1.807, 2.05) is 0 Å². The van der Waals surface area contributed by atoms with Gasteiger partial charge in [0.15, 0.2) is 0 Å². The van der Waals surface area contributed by atoms with E-state index in [1.165, 1.54) is 19.4 Å². The number of nitrogens with zero attached hydrogens (tertiary/aromatic N) is 1. The molecule has 3 rings (SSSR count). The van der Waals surface area contributed by atoms with Crippen molar-refractivity contribution in [2.24, 2.45) is 0 Å². The first-order chi connectivity index (χ1) is 14.6. The number of halogens is 3. The van der Waals surface area contributed by atoms with Crippen LogP contribution in [0, 0.1) is 0 Å². The second-order valence-electron chi connectivity index (χ2n) is 6.53. The van der Waals surface area contributed by atoms with Crippen molar-refractivity contribution in [3.8, 4) is 0 Å². The summed E-state index contributed by atoms with van der Waals surface area (Å²) >= 11 is 0. The van der Waals surface area contributed by atoms with E-state index in [0.717, 1.165) is 22.5 Å². The van der Waals surface area contributed by atoms with Gasteiger partial charge in [0.2, 0.25) is 10.0 Å². The van der Waals surface area contributed by atoms with Crippen LogP contribution < -0.4 is 0 Å². The highest BCUT2D eigenvalue weighted by molar-refractivity contribution is 7.89. The van der Waals surface area contributed by atoms with E-state index in [0.29, 0.717) is 11.6 Å². The molecule has 0 radical (unpaired) electrons. The number of hydrogen-bond acceptors (Lipinski definition) is 5. The van der Waals surface area contributed by atoms with Gasteiger partial charge in [0, 0.05) is 6.54 Å². The van der Waals surface area contributed by atoms with Gasteiger partial charge in [0.25, 0.3) is 0 Å². The Kier molecular flexibility index (Phi) is 6.51. The van der Waals surface area contributed by atoms with E-state index in [4.69, 9.17) is 4.42 Å². The molecule has 164 valence electrons. The minimum Gasteiger partial charge on any atom is -0.467 e. The van der Waals surface area contributed by atoms with Gasteiger partial charge in [-0.25, -0.2) is 13.2 Å². The normalized spacial score (nSPS) is 12.2. The molecule has 0 aliphatic rings. The van der Waals surface area contributed by atoms with Crippen LogP contribution in [0.5, 0.6) is 0 Å². The van der Waals surface area contributed by atoms with Gasteiger partial charge >= 0.3 is 12.1 Å². The van der Waals surface area contributed by atoms with Gasteiger partial charge in [-0.15, -0.1) is 0 Å². The third-order valence-corrected chi connectivity index (χ3v) is 6.26. The summed E-state index contributed by atoms with van der Waals surface area (Å²) in [6.45, 7) is -0.536. The standard InChI is InChI=1S/C21H18F3NO5S/c1-29-20(26)18-10-11-30-19(18)14-25(13-15-6-3-2-4-7-15)31(27,28)17-9-5-8-16(12-17)21(22,23)24/h2-12H,13-14H2,1H3. The van der Waals surface area contributed by atoms with E-state index in [1.54, 1.807) is 30.3 Å². The summed E-state index contributed by atoms with van der Waals surface area (Å²) in [7, 11) is -3.22. The lowest BCUT2D eigenvalue weighted by atomic mass is 10.2. The predicted octanol–water partition coefficient (Wildman–Crippen LogP) is 4.48.